The van der Waals surface area contributed by atoms with Crippen LogP contribution in [0.4, 0.5) is 0 Å². The molecular weight excluding hydrogens is 328 g/mol. The molecule has 0 spiro atoms. The van der Waals surface area contributed by atoms with Crippen molar-refractivity contribution in [1.29, 1.82) is 0 Å². The number of halogens is 1. The number of furan rings is 1. The van der Waals surface area contributed by atoms with Crippen molar-refractivity contribution in [3.8, 4) is 5.75 Å². The molecule has 2 aromatic rings. The first-order chi connectivity index (χ1) is 11.3. The lowest BCUT2D eigenvalue weighted by atomic mass is 10.1. The fraction of sp³-hybridized carbons (Fsp3) is 0.389. The van der Waals surface area contributed by atoms with Gasteiger partial charge in [-0.25, -0.2) is 0 Å². The summed E-state index contributed by atoms with van der Waals surface area (Å²) in [5.74, 6) is 1.60. The Bertz CT molecular complexity index is 624. The van der Waals surface area contributed by atoms with Gasteiger partial charge in [-0.15, -0.1) is 12.4 Å². The summed E-state index contributed by atoms with van der Waals surface area (Å²) >= 11 is 0. The smallest absolute Gasteiger partial charge is 0.287 e. The molecule has 0 saturated carbocycles. The summed E-state index contributed by atoms with van der Waals surface area (Å²) in [6.07, 6.45) is 3.71. The van der Waals surface area contributed by atoms with E-state index >= 15 is 0 Å². The van der Waals surface area contributed by atoms with Crippen LogP contribution in [0.5, 0.6) is 5.75 Å². The number of carbonyl (C=O) groups excluding carboxylic acids is 1. The number of carbonyl (C=O) groups is 1. The molecule has 1 amide bonds. The van der Waals surface area contributed by atoms with Gasteiger partial charge >= 0.3 is 0 Å². The third kappa shape index (κ3) is 5.01. The number of benzene rings is 1. The second kappa shape index (κ2) is 9.35. The number of ether oxygens (including phenoxy) is 1. The van der Waals surface area contributed by atoms with Crippen molar-refractivity contribution in [2.24, 2.45) is 5.92 Å². The van der Waals surface area contributed by atoms with E-state index in [0.717, 1.165) is 30.8 Å². The first-order valence-electron chi connectivity index (χ1n) is 8.06. The van der Waals surface area contributed by atoms with E-state index in [4.69, 9.17) is 9.15 Å². The van der Waals surface area contributed by atoms with Crippen LogP contribution in [0, 0.1) is 5.92 Å². The molecule has 0 aliphatic carbocycles. The zero-order valence-electron chi connectivity index (χ0n) is 13.5. The first-order valence-corrected chi connectivity index (χ1v) is 8.06. The molecule has 1 fully saturated rings. The van der Waals surface area contributed by atoms with Gasteiger partial charge in [-0.2, -0.15) is 0 Å². The molecule has 6 heteroatoms. The average molecular weight is 351 g/mol. The molecule has 24 heavy (non-hydrogen) atoms. The number of hydrogen-bond acceptors (Lipinski definition) is 4. The molecule has 5 nitrogen and oxygen atoms in total. The van der Waals surface area contributed by atoms with Gasteiger partial charge in [0.2, 0.25) is 0 Å². The molecule has 1 unspecified atom stereocenters. The lowest BCUT2D eigenvalue weighted by Crippen LogP contribution is -2.27. The van der Waals surface area contributed by atoms with Crippen LogP contribution in [0.3, 0.4) is 0 Å². The SMILES string of the molecule is Cl.O=C(NCCC1CCNC1)c1occc1COc1ccccc1. The number of rotatable bonds is 7. The van der Waals surface area contributed by atoms with Crippen molar-refractivity contribution in [3.05, 3.63) is 54.0 Å². The van der Waals surface area contributed by atoms with Crippen molar-refractivity contribution in [3.63, 3.8) is 0 Å². The van der Waals surface area contributed by atoms with Gasteiger partial charge in [-0.1, -0.05) is 18.2 Å². The van der Waals surface area contributed by atoms with E-state index in [2.05, 4.69) is 10.6 Å². The maximum Gasteiger partial charge on any atom is 0.287 e. The molecule has 1 saturated heterocycles. The van der Waals surface area contributed by atoms with Gasteiger partial charge in [-0.3, -0.25) is 4.79 Å². The summed E-state index contributed by atoms with van der Waals surface area (Å²) in [4.78, 5) is 12.2. The van der Waals surface area contributed by atoms with E-state index in [0.29, 0.717) is 24.8 Å². The zero-order chi connectivity index (χ0) is 15.9. The van der Waals surface area contributed by atoms with Crippen LogP contribution >= 0.6 is 12.4 Å². The quantitative estimate of drug-likeness (QED) is 0.805. The summed E-state index contributed by atoms with van der Waals surface area (Å²) in [6.45, 7) is 3.12. The summed E-state index contributed by atoms with van der Waals surface area (Å²) in [6, 6.07) is 11.3. The third-order valence-corrected chi connectivity index (χ3v) is 4.09. The van der Waals surface area contributed by atoms with Gasteiger partial charge in [-0.05, 0) is 50.0 Å². The minimum atomic E-state index is -0.174. The Kier molecular flexibility index (Phi) is 7.15. The van der Waals surface area contributed by atoms with Crippen molar-refractivity contribution in [2.75, 3.05) is 19.6 Å². The second-order valence-electron chi connectivity index (χ2n) is 5.78. The highest BCUT2D eigenvalue weighted by Gasteiger charge is 2.17. The standard InChI is InChI=1S/C18H22N2O3.ClH/c21-18(20-10-7-14-6-9-19-12-14)17-15(8-11-22-17)13-23-16-4-2-1-3-5-16;/h1-5,8,11,14,19H,6-7,9-10,12-13H2,(H,20,21);1H. The van der Waals surface area contributed by atoms with E-state index in [1.165, 1.54) is 12.7 Å². The largest absolute Gasteiger partial charge is 0.489 e. The van der Waals surface area contributed by atoms with Gasteiger partial charge in [0.1, 0.15) is 12.4 Å². The molecule has 130 valence electrons. The summed E-state index contributed by atoms with van der Waals surface area (Å²) < 4.78 is 11.0. The highest BCUT2D eigenvalue weighted by atomic mass is 35.5. The summed E-state index contributed by atoms with van der Waals surface area (Å²) in [5.41, 5.74) is 0.758. The highest BCUT2D eigenvalue weighted by Crippen LogP contribution is 2.16. The molecule has 0 radical (unpaired) electrons. The molecule has 3 rings (SSSR count). The summed E-state index contributed by atoms with van der Waals surface area (Å²) in [7, 11) is 0. The number of nitrogens with one attached hydrogen (secondary N) is 2. The molecule has 0 bridgehead atoms. The molecule has 1 aliphatic heterocycles. The topological polar surface area (TPSA) is 63.5 Å². The van der Waals surface area contributed by atoms with Crippen molar-refractivity contribution in [2.45, 2.75) is 19.4 Å². The van der Waals surface area contributed by atoms with Gasteiger partial charge in [0, 0.05) is 12.1 Å². The zero-order valence-corrected chi connectivity index (χ0v) is 14.3. The monoisotopic (exact) mass is 350 g/mol. The van der Waals surface area contributed by atoms with Crippen LogP contribution in [0.15, 0.2) is 47.1 Å². The van der Waals surface area contributed by atoms with Crippen LogP contribution in [0.2, 0.25) is 0 Å². The fourth-order valence-corrected chi connectivity index (χ4v) is 2.76. The Morgan fingerprint density at radius 2 is 2.12 bits per heavy atom. The van der Waals surface area contributed by atoms with Crippen LogP contribution in [-0.2, 0) is 6.61 Å². The van der Waals surface area contributed by atoms with E-state index < -0.39 is 0 Å². The van der Waals surface area contributed by atoms with Gasteiger partial charge in [0.25, 0.3) is 5.91 Å². The molecule has 2 heterocycles. The fourth-order valence-electron chi connectivity index (χ4n) is 2.76. The Morgan fingerprint density at radius 1 is 1.29 bits per heavy atom. The first kappa shape index (κ1) is 18.4. The highest BCUT2D eigenvalue weighted by molar-refractivity contribution is 5.92. The molecule has 2 N–H and O–H groups in total. The van der Waals surface area contributed by atoms with Crippen LogP contribution in [0.25, 0.3) is 0 Å². The van der Waals surface area contributed by atoms with E-state index in [9.17, 15) is 4.79 Å². The maximum absolute atomic E-state index is 12.2. The Balaban J connectivity index is 0.00000208. The molecular formula is C18H23ClN2O3. The predicted molar refractivity (Wildman–Crippen MR) is 94.7 cm³/mol. The second-order valence-corrected chi connectivity index (χ2v) is 5.78. The lowest BCUT2D eigenvalue weighted by Gasteiger charge is -2.09. The Hall–Kier alpha value is -1.98. The van der Waals surface area contributed by atoms with Gasteiger partial charge < -0.3 is 19.8 Å². The van der Waals surface area contributed by atoms with Crippen molar-refractivity contribution < 1.29 is 13.9 Å². The number of amides is 1. The minimum Gasteiger partial charge on any atom is -0.489 e. The van der Waals surface area contributed by atoms with E-state index in [1.54, 1.807) is 6.07 Å². The molecule has 1 aromatic heterocycles. The van der Waals surface area contributed by atoms with E-state index in [-0.39, 0.29) is 18.3 Å². The lowest BCUT2D eigenvalue weighted by molar-refractivity contribution is 0.0920. The van der Waals surface area contributed by atoms with Crippen molar-refractivity contribution >= 4 is 18.3 Å². The van der Waals surface area contributed by atoms with E-state index in [1.807, 2.05) is 30.3 Å². The maximum atomic E-state index is 12.2. The molecule has 1 atom stereocenters. The third-order valence-electron chi connectivity index (χ3n) is 4.09. The average Bonchev–Trinajstić information content (AvgIpc) is 3.25. The van der Waals surface area contributed by atoms with Crippen LogP contribution < -0.4 is 15.4 Å². The van der Waals surface area contributed by atoms with Gasteiger partial charge in [0.05, 0.1) is 6.26 Å². The minimum absolute atomic E-state index is 0. The van der Waals surface area contributed by atoms with Crippen LogP contribution in [0.1, 0.15) is 29.0 Å². The van der Waals surface area contributed by atoms with Crippen molar-refractivity contribution in [1.82, 2.24) is 10.6 Å². The number of hydrogen-bond donors (Lipinski definition) is 2. The number of para-hydroxylation sites is 1. The normalized spacial score (nSPS) is 16.4. The Labute approximate surface area is 148 Å². The van der Waals surface area contributed by atoms with Gasteiger partial charge in [0.15, 0.2) is 5.76 Å². The predicted octanol–water partition coefficient (Wildman–Crippen LogP) is 3.01. The molecule has 1 aliphatic rings. The summed E-state index contributed by atoms with van der Waals surface area (Å²) in [5, 5.41) is 6.27. The molecule has 1 aromatic carbocycles. The Morgan fingerprint density at radius 3 is 2.88 bits per heavy atom. The van der Waals surface area contributed by atoms with Crippen LogP contribution in [-0.4, -0.2) is 25.5 Å².